The Labute approximate surface area is 118 Å². The van der Waals surface area contributed by atoms with E-state index in [2.05, 4.69) is 10.2 Å². The Morgan fingerprint density at radius 1 is 1.00 bits per heavy atom. The lowest BCUT2D eigenvalue weighted by Gasteiger charge is -2.39. The zero-order chi connectivity index (χ0) is 13.0. The Morgan fingerprint density at radius 3 is 2.32 bits per heavy atom. The van der Waals surface area contributed by atoms with E-state index in [0.717, 1.165) is 32.3 Å². The quantitative estimate of drug-likeness (QED) is 0.773. The lowest BCUT2D eigenvalue weighted by molar-refractivity contribution is 0.0121. The fraction of sp³-hybridized carbons (Fsp3) is 1.00. The van der Waals surface area contributed by atoms with Crippen LogP contribution in [0.15, 0.2) is 0 Å². The third kappa shape index (κ3) is 4.17. The molecule has 110 valence electrons. The summed E-state index contributed by atoms with van der Waals surface area (Å²) < 4.78 is 5.50. The second kappa shape index (κ2) is 6.55. The molecule has 0 atom stereocenters. The summed E-state index contributed by atoms with van der Waals surface area (Å²) in [6.07, 6.45) is 11.5. The molecule has 3 rings (SSSR count). The molecule has 0 aromatic heterocycles. The van der Waals surface area contributed by atoms with Crippen molar-refractivity contribution in [3.8, 4) is 0 Å². The number of ether oxygens (including phenoxy) is 1. The second-order valence-corrected chi connectivity index (χ2v) is 6.96. The zero-order valence-corrected chi connectivity index (χ0v) is 12.3. The molecule has 1 N–H and O–H groups in total. The summed E-state index contributed by atoms with van der Waals surface area (Å²) in [6, 6.07) is 0.852. The molecule has 1 heterocycles. The van der Waals surface area contributed by atoms with Gasteiger partial charge in [0.15, 0.2) is 0 Å². The summed E-state index contributed by atoms with van der Waals surface area (Å²) in [5.74, 6) is 0. The molecular weight excluding hydrogens is 236 g/mol. The van der Waals surface area contributed by atoms with Gasteiger partial charge in [0, 0.05) is 32.2 Å². The highest BCUT2D eigenvalue weighted by Crippen LogP contribution is 2.36. The molecular formula is C16H30N2O. The van der Waals surface area contributed by atoms with E-state index in [1.807, 2.05) is 0 Å². The van der Waals surface area contributed by atoms with Gasteiger partial charge in [0.25, 0.3) is 0 Å². The van der Waals surface area contributed by atoms with Crippen LogP contribution < -0.4 is 5.32 Å². The van der Waals surface area contributed by atoms with Crippen LogP contribution in [0.4, 0.5) is 0 Å². The van der Waals surface area contributed by atoms with Gasteiger partial charge in [-0.25, -0.2) is 0 Å². The van der Waals surface area contributed by atoms with Crippen LogP contribution in [0.2, 0.25) is 0 Å². The van der Waals surface area contributed by atoms with Crippen molar-refractivity contribution in [2.45, 2.75) is 57.4 Å². The van der Waals surface area contributed by atoms with E-state index in [0.29, 0.717) is 5.41 Å². The van der Waals surface area contributed by atoms with Gasteiger partial charge >= 0.3 is 0 Å². The van der Waals surface area contributed by atoms with E-state index >= 15 is 0 Å². The van der Waals surface area contributed by atoms with Crippen LogP contribution in [0.1, 0.15) is 51.4 Å². The lowest BCUT2D eigenvalue weighted by atomic mass is 9.79. The molecule has 0 aromatic carbocycles. The predicted molar refractivity (Wildman–Crippen MR) is 78.4 cm³/mol. The smallest absolute Gasteiger partial charge is 0.0594 e. The number of morpholine rings is 1. The largest absolute Gasteiger partial charge is 0.379 e. The highest BCUT2D eigenvalue weighted by atomic mass is 16.5. The molecule has 3 aliphatic rings. The van der Waals surface area contributed by atoms with Crippen molar-refractivity contribution in [3.63, 3.8) is 0 Å². The van der Waals surface area contributed by atoms with Gasteiger partial charge in [-0.15, -0.1) is 0 Å². The van der Waals surface area contributed by atoms with Crippen molar-refractivity contribution < 1.29 is 4.74 Å². The van der Waals surface area contributed by atoms with Crippen LogP contribution in [-0.2, 0) is 4.74 Å². The highest BCUT2D eigenvalue weighted by Gasteiger charge is 2.35. The molecule has 3 heteroatoms. The number of rotatable bonds is 5. The minimum atomic E-state index is 0.552. The van der Waals surface area contributed by atoms with Gasteiger partial charge in [-0.2, -0.15) is 0 Å². The van der Waals surface area contributed by atoms with Gasteiger partial charge in [0.05, 0.1) is 13.2 Å². The van der Waals surface area contributed by atoms with Gasteiger partial charge in [-0.1, -0.05) is 25.7 Å². The molecule has 2 saturated carbocycles. The third-order valence-corrected chi connectivity index (χ3v) is 5.17. The van der Waals surface area contributed by atoms with Gasteiger partial charge in [-0.3, -0.25) is 4.90 Å². The summed E-state index contributed by atoms with van der Waals surface area (Å²) in [7, 11) is 0. The first-order chi connectivity index (χ1) is 9.36. The summed E-state index contributed by atoms with van der Waals surface area (Å²) in [5.41, 5.74) is 0.552. The normalized spacial score (nSPS) is 29.1. The fourth-order valence-corrected chi connectivity index (χ4v) is 3.75. The van der Waals surface area contributed by atoms with Crippen LogP contribution in [0, 0.1) is 5.41 Å². The molecule has 2 aliphatic carbocycles. The van der Waals surface area contributed by atoms with Crippen LogP contribution in [0.25, 0.3) is 0 Å². The first-order valence-corrected chi connectivity index (χ1v) is 8.40. The molecule has 1 saturated heterocycles. The monoisotopic (exact) mass is 266 g/mol. The molecule has 19 heavy (non-hydrogen) atoms. The summed E-state index contributed by atoms with van der Waals surface area (Å²) in [6.45, 7) is 6.72. The van der Waals surface area contributed by atoms with E-state index < -0.39 is 0 Å². The molecule has 0 radical (unpaired) electrons. The van der Waals surface area contributed by atoms with Crippen molar-refractivity contribution in [1.29, 1.82) is 0 Å². The first kappa shape index (κ1) is 13.8. The second-order valence-electron chi connectivity index (χ2n) is 6.96. The highest BCUT2D eigenvalue weighted by molar-refractivity contribution is 4.91. The topological polar surface area (TPSA) is 24.5 Å². The van der Waals surface area contributed by atoms with Gasteiger partial charge in [0.2, 0.25) is 0 Å². The fourth-order valence-electron chi connectivity index (χ4n) is 3.75. The Morgan fingerprint density at radius 2 is 1.68 bits per heavy atom. The van der Waals surface area contributed by atoms with Gasteiger partial charge < -0.3 is 10.1 Å². The van der Waals surface area contributed by atoms with Crippen LogP contribution in [-0.4, -0.2) is 50.3 Å². The average molecular weight is 266 g/mol. The summed E-state index contributed by atoms with van der Waals surface area (Å²) >= 11 is 0. The summed E-state index contributed by atoms with van der Waals surface area (Å²) in [5, 5.41) is 3.83. The van der Waals surface area contributed by atoms with E-state index in [1.54, 1.807) is 0 Å². The summed E-state index contributed by atoms with van der Waals surface area (Å²) in [4.78, 5) is 2.66. The van der Waals surface area contributed by atoms with E-state index in [1.165, 1.54) is 64.5 Å². The molecule has 0 amide bonds. The van der Waals surface area contributed by atoms with Crippen molar-refractivity contribution in [3.05, 3.63) is 0 Å². The van der Waals surface area contributed by atoms with Crippen LogP contribution in [0.3, 0.4) is 0 Å². The Bertz CT molecular complexity index is 264. The Balaban J connectivity index is 1.58. The minimum absolute atomic E-state index is 0.552. The Hall–Kier alpha value is -0.120. The predicted octanol–water partition coefficient (Wildman–Crippen LogP) is 2.41. The lowest BCUT2D eigenvalue weighted by Crippen LogP contribution is -2.48. The van der Waals surface area contributed by atoms with Gasteiger partial charge in [-0.05, 0) is 31.1 Å². The average Bonchev–Trinajstić information content (AvgIpc) is 3.26. The number of nitrogens with one attached hydrogen (secondary N) is 1. The molecule has 0 spiro atoms. The minimum Gasteiger partial charge on any atom is -0.379 e. The van der Waals surface area contributed by atoms with Crippen molar-refractivity contribution in [2.75, 3.05) is 39.4 Å². The molecule has 0 aromatic rings. The van der Waals surface area contributed by atoms with Crippen molar-refractivity contribution in [1.82, 2.24) is 10.2 Å². The maximum Gasteiger partial charge on any atom is 0.0594 e. The SMILES string of the molecule is C1CCCC(CNC2CC2)(CN2CCOCC2)CC1. The molecule has 0 unspecified atom stereocenters. The first-order valence-electron chi connectivity index (χ1n) is 8.40. The molecule has 3 fully saturated rings. The van der Waals surface area contributed by atoms with E-state index in [-0.39, 0.29) is 0 Å². The van der Waals surface area contributed by atoms with Gasteiger partial charge in [0.1, 0.15) is 0 Å². The number of nitrogens with zero attached hydrogens (tertiary/aromatic N) is 1. The maximum absolute atomic E-state index is 5.50. The number of hydrogen-bond acceptors (Lipinski definition) is 3. The van der Waals surface area contributed by atoms with Crippen molar-refractivity contribution >= 4 is 0 Å². The standard InChI is InChI=1S/C16H30N2O/c1-2-4-8-16(7-3-1,13-17-15-5-6-15)14-18-9-11-19-12-10-18/h15,17H,1-14H2. The van der Waals surface area contributed by atoms with E-state index in [4.69, 9.17) is 4.74 Å². The third-order valence-electron chi connectivity index (χ3n) is 5.17. The zero-order valence-electron chi connectivity index (χ0n) is 12.3. The van der Waals surface area contributed by atoms with Crippen molar-refractivity contribution in [2.24, 2.45) is 5.41 Å². The maximum atomic E-state index is 5.50. The van der Waals surface area contributed by atoms with E-state index in [9.17, 15) is 0 Å². The Kier molecular flexibility index (Phi) is 4.78. The number of hydrogen-bond donors (Lipinski definition) is 1. The van der Waals surface area contributed by atoms with Crippen LogP contribution >= 0.6 is 0 Å². The molecule has 0 bridgehead atoms. The molecule has 1 aliphatic heterocycles. The molecule has 3 nitrogen and oxygen atoms in total. The van der Waals surface area contributed by atoms with Crippen LogP contribution in [0.5, 0.6) is 0 Å².